The van der Waals surface area contributed by atoms with Gasteiger partial charge in [0.05, 0.1) is 16.4 Å². The van der Waals surface area contributed by atoms with Crippen LogP contribution in [0.3, 0.4) is 0 Å². The van der Waals surface area contributed by atoms with Crippen LogP contribution in [-0.2, 0) is 13.0 Å². The predicted molar refractivity (Wildman–Crippen MR) is 76.2 cm³/mol. The molecule has 0 aliphatic rings. The van der Waals surface area contributed by atoms with Crippen LogP contribution in [0.4, 0.5) is 0 Å². The molecule has 0 saturated heterocycles. The molecule has 0 aliphatic carbocycles. The van der Waals surface area contributed by atoms with Gasteiger partial charge in [-0.1, -0.05) is 6.92 Å². The Balaban J connectivity index is 2.55. The minimum atomic E-state index is 0.191. The Hall–Kier alpha value is -0.350. The molecule has 0 saturated carbocycles. The Bertz CT molecular complexity index is 352. The lowest BCUT2D eigenvalue weighted by atomic mass is 10.0. The van der Waals surface area contributed by atoms with E-state index in [1.807, 2.05) is 6.20 Å². The normalized spacial score (nSPS) is 14.0. The van der Waals surface area contributed by atoms with Crippen LogP contribution in [-0.4, -0.2) is 21.9 Å². The number of halogens is 1. The van der Waals surface area contributed by atoms with Crippen LogP contribution >= 0.6 is 15.9 Å². The summed E-state index contributed by atoms with van der Waals surface area (Å²) in [5, 5.41) is 7.89. The van der Waals surface area contributed by atoms with E-state index in [2.05, 4.69) is 65.6 Å². The number of rotatable bonds is 5. The van der Waals surface area contributed by atoms with Crippen LogP contribution in [0.1, 0.15) is 40.3 Å². The van der Waals surface area contributed by atoms with Crippen molar-refractivity contribution in [2.75, 3.05) is 6.54 Å². The van der Waals surface area contributed by atoms with E-state index in [0.717, 1.165) is 24.0 Å². The molecule has 0 radical (unpaired) electrons. The predicted octanol–water partition coefficient (Wildman–Crippen LogP) is 3.23. The summed E-state index contributed by atoms with van der Waals surface area (Å²) in [6.07, 6.45) is 2.94. The van der Waals surface area contributed by atoms with Crippen molar-refractivity contribution >= 4 is 15.9 Å². The van der Waals surface area contributed by atoms with Crippen molar-refractivity contribution in [2.24, 2.45) is 5.92 Å². The molecule has 0 amide bonds. The van der Waals surface area contributed by atoms with Gasteiger partial charge in [0, 0.05) is 12.1 Å². The third-order valence-electron chi connectivity index (χ3n) is 2.72. The van der Waals surface area contributed by atoms with Gasteiger partial charge in [0.15, 0.2) is 0 Å². The Morgan fingerprint density at radius 3 is 2.65 bits per heavy atom. The largest absolute Gasteiger partial charge is 0.312 e. The summed E-state index contributed by atoms with van der Waals surface area (Å²) < 4.78 is 3.19. The van der Waals surface area contributed by atoms with E-state index >= 15 is 0 Å². The summed E-state index contributed by atoms with van der Waals surface area (Å²) in [6.45, 7) is 13.0. The first-order valence-corrected chi connectivity index (χ1v) is 7.08. The molecule has 1 rings (SSSR count). The van der Waals surface area contributed by atoms with Crippen molar-refractivity contribution < 1.29 is 0 Å². The van der Waals surface area contributed by atoms with Crippen LogP contribution < -0.4 is 5.32 Å². The number of nitrogens with zero attached hydrogens (tertiary/aromatic N) is 2. The summed E-state index contributed by atoms with van der Waals surface area (Å²) in [5.74, 6) is 0.604. The molecule has 98 valence electrons. The smallest absolute Gasteiger partial charge is 0.0635 e. The minimum absolute atomic E-state index is 0.191. The summed E-state index contributed by atoms with van der Waals surface area (Å²) in [5.41, 5.74) is 1.49. The number of aromatic nitrogens is 2. The molecule has 0 aliphatic heterocycles. The molecule has 0 spiro atoms. The molecule has 1 atom stereocenters. The Morgan fingerprint density at radius 1 is 1.47 bits per heavy atom. The highest BCUT2D eigenvalue weighted by molar-refractivity contribution is 9.10. The first-order chi connectivity index (χ1) is 7.83. The Labute approximate surface area is 113 Å². The SMILES string of the molecule is CCn1ncc(Br)c1CC(C)CNC(C)(C)C. The Kier molecular flexibility index (Phi) is 5.20. The minimum Gasteiger partial charge on any atom is -0.312 e. The maximum Gasteiger partial charge on any atom is 0.0635 e. The fourth-order valence-electron chi connectivity index (χ4n) is 1.75. The second-order valence-electron chi connectivity index (χ2n) is 5.70. The van der Waals surface area contributed by atoms with E-state index < -0.39 is 0 Å². The van der Waals surface area contributed by atoms with Crippen LogP contribution in [0.25, 0.3) is 0 Å². The van der Waals surface area contributed by atoms with Gasteiger partial charge in [0.25, 0.3) is 0 Å². The lowest BCUT2D eigenvalue weighted by molar-refractivity contribution is 0.377. The molecule has 0 fully saturated rings. The third-order valence-corrected chi connectivity index (χ3v) is 3.38. The summed E-state index contributed by atoms with van der Waals surface area (Å²) >= 11 is 3.57. The maximum atomic E-state index is 4.35. The van der Waals surface area contributed by atoms with Gasteiger partial charge >= 0.3 is 0 Å². The topological polar surface area (TPSA) is 29.9 Å². The zero-order valence-electron chi connectivity index (χ0n) is 11.5. The fourth-order valence-corrected chi connectivity index (χ4v) is 2.20. The van der Waals surface area contributed by atoms with Crippen molar-refractivity contribution in [1.82, 2.24) is 15.1 Å². The molecule has 1 unspecified atom stereocenters. The molecule has 1 aromatic rings. The quantitative estimate of drug-likeness (QED) is 0.905. The number of hydrogen-bond donors (Lipinski definition) is 1. The average molecular weight is 302 g/mol. The molecule has 17 heavy (non-hydrogen) atoms. The van der Waals surface area contributed by atoms with Gasteiger partial charge < -0.3 is 5.32 Å². The fraction of sp³-hybridized carbons (Fsp3) is 0.769. The van der Waals surface area contributed by atoms with E-state index in [0.29, 0.717) is 5.92 Å². The zero-order valence-corrected chi connectivity index (χ0v) is 13.1. The molecule has 4 heteroatoms. The van der Waals surface area contributed by atoms with Crippen molar-refractivity contribution in [3.05, 3.63) is 16.4 Å². The zero-order chi connectivity index (χ0) is 13.1. The van der Waals surface area contributed by atoms with Crippen LogP contribution in [0.15, 0.2) is 10.7 Å². The summed E-state index contributed by atoms with van der Waals surface area (Å²) in [7, 11) is 0. The highest BCUT2D eigenvalue weighted by Crippen LogP contribution is 2.19. The van der Waals surface area contributed by atoms with Gasteiger partial charge in [-0.25, -0.2) is 0 Å². The number of aryl methyl sites for hydroxylation is 1. The van der Waals surface area contributed by atoms with E-state index in [-0.39, 0.29) is 5.54 Å². The maximum absolute atomic E-state index is 4.35. The lowest BCUT2D eigenvalue weighted by Gasteiger charge is -2.23. The average Bonchev–Trinajstić information content (AvgIpc) is 2.56. The van der Waals surface area contributed by atoms with E-state index in [4.69, 9.17) is 0 Å². The molecular formula is C13H24BrN3. The molecule has 3 nitrogen and oxygen atoms in total. The first kappa shape index (κ1) is 14.7. The molecule has 0 aromatic carbocycles. The molecule has 0 bridgehead atoms. The summed E-state index contributed by atoms with van der Waals surface area (Å²) in [4.78, 5) is 0. The van der Waals surface area contributed by atoms with E-state index in [1.165, 1.54) is 5.69 Å². The van der Waals surface area contributed by atoms with Gasteiger partial charge in [-0.15, -0.1) is 0 Å². The Morgan fingerprint density at radius 2 is 2.12 bits per heavy atom. The summed E-state index contributed by atoms with van der Waals surface area (Å²) in [6, 6.07) is 0. The highest BCUT2D eigenvalue weighted by atomic mass is 79.9. The molecule has 1 aromatic heterocycles. The molecule has 1 N–H and O–H groups in total. The molecule has 1 heterocycles. The van der Waals surface area contributed by atoms with E-state index in [1.54, 1.807) is 0 Å². The lowest BCUT2D eigenvalue weighted by Crippen LogP contribution is -2.39. The number of nitrogens with one attached hydrogen (secondary N) is 1. The van der Waals surface area contributed by atoms with Crippen LogP contribution in [0.2, 0.25) is 0 Å². The van der Waals surface area contributed by atoms with Crippen molar-refractivity contribution in [3.8, 4) is 0 Å². The number of hydrogen-bond acceptors (Lipinski definition) is 2. The second-order valence-corrected chi connectivity index (χ2v) is 6.55. The van der Waals surface area contributed by atoms with Crippen molar-refractivity contribution in [2.45, 2.75) is 53.1 Å². The van der Waals surface area contributed by atoms with E-state index in [9.17, 15) is 0 Å². The second kappa shape index (κ2) is 6.01. The highest BCUT2D eigenvalue weighted by Gasteiger charge is 2.14. The van der Waals surface area contributed by atoms with Gasteiger partial charge in [-0.2, -0.15) is 5.10 Å². The standard InChI is InChI=1S/C13H24BrN3/c1-6-17-12(11(14)9-16-17)7-10(2)8-15-13(3,4)5/h9-10,15H,6-8H2,1-5H3. The van der Waals surface area contributed by atoms with Gasteiger partial charge in [-0.05, 0) is 62.5 Å². The van der Waals surface area contributed by atoms with Gasteiger partial charge in [0.1, 0.15) is 0 Å². The van der Waals surface area contributed by atoms with Crippen LogP contribution in [0, 0.1) is 5.92 Å². The molecular weight excluding hydrogens is 278 g/mol. The van der Waals surface area contributed by atoms with Crippen molar-refractivity contribution in [1.29, 1.82) is 0 Å². The monoisotopic (exact) mass is 301 g/mol. The van der Waals surface area contributed by atoms with Gasteiger partial charge in [-0.3, -0.25) is 4.68 Å². The first-order valence-electron chi connectivity index (χ1n) is 6.28. The van der Waals surface area contributed by atoms with Crippen molar-refractivity contribution in [3.63, 3.8) is 0 Å². The van der Waals surface area contributed by atoms with Crippen LogP contribution in [0.5, 0.6) is 0 Å². The van der Waals surface area contributed by atoms with Gasteiger partial charge in [0.2, 0.25) is 0 Å². The third kappa shape index (κ3) is 4.80.